The normalized spacial score (nSPS) is 11.3. The summed E-state index contributed by atoms with van der Waals surface area (Å²) in [6, 6.07) is 3.36. The number of halogens is 3. The fourth-order valence-corrected chi connectivity index (χ4v) is 1.37. The molecule has 0 aliphatic rings. The van der Waals surface area contributed by atoms with Gasteiger partial charge < -0.3 is 5.32 Å². The molecule has 0 aliphatic carbocycles. The van der Waals surface area contributed by atoms with Crippen molar-refractivity contribution in [3.63, 3.8) is 0 Å². The smallest absolute Gasteiger partial charge is 0.326 e. The van der Waals surface area contributed by atoms with Crippen LogP contribution in [0.15, 0.2) is 18.2 Å². The molecule has 0 saturated carbocycles. The van der Waals surface area contributed by atoms with E-state index in [1.807, 2.05) is 6.92 Å². The summed E-state index contributed by atoms with van der Waals surface area (Å²) in [6.45, 7) is 3.08. The number of rotatable bonds is 2. The molecule has 5 heteroatoms. The highest BCUT2D eigenvalue weighted by Crippen LogP contribution is 2.32. The van der Waals surface area contributed by atoms with Crippen LogP contribution in [0.4, 0.5) is 18.9 Å². The SMILES string of the molecule is CCc1ccc(C(F)(F)F)cc1NC(C)=O. The van der Waals surface area contributed by atoms with Gasteiger partial charge in [-0.2, -0.15) is 13.2 Å². The van der Waals surface area contributed by atoms with E-state index in [9.17, 15) is 18.0 Å². The standard InChI is InChI=1S/C11H12F3NO/c1-3-8-4-5-9(11(12,13)14)6-10(8)15-7(2)16/h4-6H,3H2,1-2H3,(H,15,16). The molecule has 0 aliphatic heterocycles. The molecule has 1 aromatic carbocycles. The van der Waals surface area contributed by atoms with Crippen molar-refractivity contribution >= 4 is 11.6 Å². The van der Waals surface area contributed by atoms with E-state index in [2.05, 4.69) is 5.32 Å². The van der Waals surface area contributed by atoms with Crippen LogP contribution in [-0.4, -0.2) is 5.91 Å². The van der Waals surface area contributed by atoms with Crippen molar-refractivity contribution in [2.24, 2.45) is 0 Å². The van der Waals surface area contributed by atoms with E-state index in [4.69, 9.17) is 0 Å². The summed E-state index contributed by atoms with van der Waals surface area (Å²) in [5, 5.41) is 2.40. The molecule has 0 radical (unpaired) electrons. The van der Waals surface area contributed by atoms with Gasteiger partial charge in [-0.3, -0.25) is 4.79 Å². The van der Waals surface area contributed by atoms with Crippen LogP contribution in [0, 0.1) is 0 Å². The Morgan fingerprint density at radius 1 is 1.38 bits per heavy atom. The fraction of sp³-hybridized carbons (Fsp3) is 0.364. The zero-order valence-corrected chi connectivity index (χ0v) is 8.98. The molecule has 0 heterocycles. The number of amides is 1. The summed E-state index contributed by atoms with van der Waals surface area (Å²) in [5.74, 6) is -0.381. The molecule has 1 rings (SSSR count). The predicted octanol–water partition coefficient (Wildman–Crippen LogP) is 3.23. The van der Waals surface area contributed by atoms with Gasteiger partial charge in [-0.15, -0.1) is 0 Å². The number of anilines is 1. The number of carbonyl (C=O) groups is 1. The summed E-state index contributed by atoms with van der Waals surface area (Å²) in [4.78, 5) is 10.8. The topological polar surface area (TPSA) is 29.1 Å². The number of alkyl halides is 3. The van der Waals surface area contributed by atoms with E-state index in [1.54, 1.807) is 0 Å². The number of nitrogens with one attached hydrogen (secondary N) is 1. The van der Waals surface area contributed by atoms with E-state index in [0.29, 0.717) is 12.0 Å². The quantitative estimate of drug-likeness (QED) is 0.831. The van der Waals surface area contributed by atoms with Gasteiger partial charge in [0, 0.05) is 12.6 Å². The molecule has 16 heavy (non-hydrogen) atoms. The lowest BCUT2D eigenvalue weighted by molar-refractivity contribution is -0.137. The number of hydrogen-bond acceptors (Lipinski definition) is 1. The molecular weight excluding hydrogens is 219 g/mol. The minimum atomic E-state index is -4.39. The summed E-state index contributed by atoms with van der Waals surface area (Å²) >= 11 is 0. The molecule has 0 aromatic heterocycles. The molecule has 1 amide bonds. The van der Waals surface area contributed by atoms with Gasteiger partial charge >= 0.3 is 6.18 Å². The van der Waals surface area contributed by atoms with Gasteiger partial charge in [-0.1, -0.05) is 13.0 Å². The molecule has 0 spiro atoms. The van der Waals surface area contributed by atoms with Gasteiger partial charge in [0.2, 0.25) is 5.91 Å². The first-order valence-corrected chi connectivity index (χ1v) is 4.82. The summed E-state index contributed by atoms with van der Waals surface area (Å²) in [7, 11) is 0. The minimum Gasteiger partial charge on any atom is -0.326 e. The highest BCUT2D eigenvalue weighted by Gasteiger charge is 2.30. The van der Waals surface area contributed by atoms with Crippen molar-refractivity contribution in [3.8, 4) is 0 Å². The second-order valence-corrected chi connectivity index (χ2v) is 3.40. The zero-order valence-electron chi connectivity index (χ0n) is 8.98. The van der Waals surface area contributed by atoms with Gasteiger partial charge in [0.15, 0.2) is 0 Å². The molecule has 0 unspecified atom stereocenters. The van der Waals surface area contributed by atoms with Crippen LogP contribution in [0.25, 0.3) is 0 Å². The monoisotopic (exact) mass is 231 g/mol. The third-order valence-electron chi connectivity index (χ3n) is 2.13. The maximum Gasteiger partial charge on any atom is 0.416 e. The largest absolute Gasteiger partial charge is 0.416 e. The van der Waals surface area contributed by atoms with Crippen LogP contribution in [0.2, 0.25) is 0 Å². The van der Waals surface area contributed by atoms with Gasteiger partial charge in [0.25, 0.3) is 0 Å². The molecule has 0 saturated heterocycles. The summed E-state index contributed by atoms with van der Waals surface area (Å²) in [6.07, 6.45) is -3.83. The molecule has 1 aromatic rings. The van der Waals surface area contributed by atoms with E-state index in [-0.39, 0.29) is 11.6 Å². The fourth-order valence-electron chi connectivity index (χ4n) is 1.37. The average molecular weight is 231 g/mol. The van der Waals surface area contributed by atoms with E-state index >= 15 is 0 Å². The van der Waals surface area contributed by atoms with E-state index in [0.717, 1.165) is 12.1 Å². The van der Waals surface area contributed by atoms with Crippen LogP contribution in [0.1, 0.15) is 25.0 Å². The number of benzene rings is 1. The summed E-state index contributed by atoms with van der Waals surface area (Å²) in [5.41, 5.74) is 0.154. The van der Waals surface area contributed by atoms with Crippen molar-refractivity contribution in [1.29, 1.82) is 0 Å². The summed E-state index contributed by atoms with van der Waals surface area (Å²) < 4.78 is 37.3. The first-order valence-electron chi connectivity index (χ1n) is 4.82. The lowest BCUT2D eigenvalue weighted by atomic mass is 10.1. The second-order valence-electron chi connectivity index (χ2n) is 3.40. The van der Waals surface area contributed by atoms with Gasteiger partial charge in [0.1, 0.15) is 0 Å². The Bertz CT molecular complexity index is 399. The second kappa shape index (κ2) is 4.55. The number of hydrogen-bond donors (Lipinski definition) is 1. The zero-order chi connectivity index (χ0) is 12.3. The molecule has 0 atom stereocenters. The number of aryl methyl sites for hydroxylation is 1. The predicted molar refractivity (Wildman–Crippen MR) is 55.1 cm³/mol. The van der Waals surface area contributed by atoms with Gasteiger partial charge in [0.05, 0.1) is 5.56 Å². The maximum absolute atomic E-state index is 12.4. The van der Waals surface area contributed by atoms with Crippen LogP contribution >= 0.6 is 0 Å². The van der Waals surface area contributed by atoms with Crippen molar-refractivity contribution in [2.75, 3.05) is 5.32 Å². The molecule has 0 fully saturated rings. The van der Waals surface area contributed by atoms with Crippen LogP contribution < -0.4 is 5.32 Å². The molecule has 88 valence electrons. The van der Waals surface area contributed by atoms with Crippen LogP contribution in [0.5, 0.6) is 0 Å². The first-order chi connectivity index (χ1) is 7.34. The van der Waals surface area contributed by atoms with Crippen molar-refractivity contribution in [3.05, 3.63) is 29.3 Å². The number of carbonyl (C=O) groups excluding carboxylic acids is 1. The minimum absolute atomic E-state index is 0.227. The molecule has 2 nitrogen and oxygen atoms in total. The van der Waals surface area contributed by atoms with E-state index in [1.165, 1.54) is 13.0 Å². The van der Waals surface area contributed by atoms with Gasteiger partial charge in [-0.05, 0) is 24.1 Å². The van der Waals surface area contributed by atoms with Crippen molar-refractivity contribution in [2.45, 2.75) is 26.4 Å². The van der Waals surface area contributed by atoms with Crippen LogP contribution in [-0.2, 0) is 17.4 Å². The lowest BCUT2D eigenvalue weighted by Gasteiger charge is -2.12. The highest BCUT2D eigenvalue weighted by molar-refractivity contribution is 5.89. The first kappa shape index (κ1) is 12.5. The third-order valence-corrected chi connectivity index (χ3v) is 2.13. The lowest BCUT2D eigenvalue weighted by Crippen LogP contribution is -2.11. The Kier molecular flexibility index (Phi) is 3.57. The van der Waals surface area contributed by atoms with Crippen molar-refractivity contribution in [1.82, 2.24) is 0 Å². The maximum atomic E-state index is 12.4. The molecule has 1 N–H and O–H groups in total. The molecular formula is C11H12F3NO. The Morgan fingerprint density at radius 3 is 2.44 bits per heavy atom. The van der Waals surface area contributed by atoms with Crippen molar-refractivity contribution < 1.29 is 18.0 Å². The van der Waals surface area contributed by atoms with Gasteiger partial charge in [-0.25, -0.2) is 0 Å². The highest BCUT2D eigenvalue weighted by atomic mass is 19.4. The Hall–Kier alpha value is -1.52. The Balaban J connectivity index is 3.16. The Morgan fingerprint density at radius 2 is 2.00 bits per heavy atom. The van der Waals surface area contributed by atoms with E-state index < -0.39 is 11.7 Å². The Labute approximate surface area is 91.5 Å². The van der Waals surface area contributed by atoms with Crippen LogP contribution in [0.3, 0.4) is 0 Å². The molecule has 0 bridgehead atoms. The third kappa shape index (κ3) is 2.98. The average Bonchev–Trinajstić information content (AvgIpc) is 2.15.